The fourth-order valence-corrected chi connectivity index (χ4v) is 3.63. The van der Waals surface area contributed by atoms with Crippen LogP contribution in [0.15, 0.2) is 18.2 Å². The van der Waals surface area contributed by atoms with E-state index in [4.69, 9.17) is 15.2 Å². The molecule has 152 valence electrons. The molecule has 1 aromatic carbocycles. The minimum atomic E-state index is -0.903. The molecule has 1 fully saturated rings. The molecule has 0 spiro atoms. The van der Waals surface area contributed by atoms with Gasteiger partial charge in [0.2, 0.25) is 5.91 Å². The molecule has 0 heterocycles. The number of nitrogens with one attached hydrogen (secondary N) is 1. The predicted octanol–water partition coefficient (Wildman–Crippen LogP) is 3.71. The molecule has 1 aromatic rings. The average molecular weight is 377 g/mol. The van der Waals surface area contributed by atoms with E-state index in [0.717, 1.165) is 36.1 Å². The Labute approximate surface area is 164 Å². The van der Waals surface area contributed by atoms with Gasteiger partial charge in [-0.3, -0.25) is 4.79 Å². The first-order chi connectivity index (χ1) is 12.8. The minimum absolute atomic E-state index is 0.0232. The van der Waals surface area contributed by atoms with E-state index in [9.17, 15) is 4.79 Å². The van der Waals surface area contributed by atoms with Gasteiger partial charge in [-0.1, -0.05) is 45.7 Å². The predicted molar refractivity (Wildman–Crippen MR) is 109 cm³/mol. The summed E-state index contributed by atoms with van der Waals surface area (Å²) in [5.41, 5.74) is 7.29. The third kappa shape index (κ3) is 4.64. The summed E-state index contributed by atoms with van der Waals surface area (Å²) in [6.45, 7) is 11.9. The summed E-state index contributed by atoms with van der Waals surface area (Å²) in [4.78, 5) is 12.8. The zero-order chi connectivity index (χ0) is 20.1. The lowest BCUT2D eigenvalue weighted by atomic mass is 9.54. The maximum Gasteiger partial charge on any atom is 0.241 e. The second-order valence-corrected chi connectivity index (χ2v) is 8.19. The van der Waals surface area contributed by atoms with Crippen molar-refractivity contribution >= 4 is 5.91 Å². The van der Waals surface area contributed by atoms with Crippen molar-refractivity contribution < 1.29 is 14.3 Å². The van der Waals surface area contributed by atoms with Gasteiger partial charge in [0.15, 0.2) is 0 Å². The maximum atomic E-state index is 12.8. The Morgan fingerprint density at radius 3 is 2.67 bits per heavy atom. The van der Waals surface area contributed by atoms with Crippen molar-refractivity contribution in [1.29, 1.82) is 0 Å². The highest BCUT2D eigenvalue weighted by Gasteiger charge is 2.62. The van der Waals surface area contributed by atoms with Crippen LogP contribution in [0.3, 0.4) is 0 Å². The van der Waals surface area contributed by atoms with Crippen LogP contribution < -0.4 is 15.8 Å². The highest BCUT2D eigenvalue weighted by Crippen LogP contribution is 2.49. The van der Waals surface area contributed by atoms with Gasteiger partial charge in [-0.15, -0.1) is 0 Å². The van der Waals surface area contributed by atoms with E-state index in [-0.39, 0.29) is 17.4 Å². The van der Waals surface area contributed by atoms with E-state index in [2.05, 4.69) is 12.2 Å². The quantitative estimate of drug-likeness (QED) is 0.611. The SMILES string of the molecule is CCCCCOc1cc(C)ccc1CNC(=O)C1(N)CC(OCC)C1(C)C. The monoisotopic (exact) mass is 376 g/mol. The molecular weight excluding hydrogens is 340 g/mol. The number of aryl methyl sites for hydroxylation is 1. The van der Waals surface area contributed by atoms with Gasteiger partial charge in [0, 0.05) is 30.6 Å². The zero-order valence-electron chi connectivity index (χ0n) is 17.6. The highest BCUT2D eigenvalue weighted by atomic mass is 16.5. The van der Waals surface area contributed by atoms with Gasteiger partial charge in [0.25, 0.3) is 0 Å². The van der Waals surface area contributed by atoms with Crippen molar-refractivity contribution in [2.24, 2.45) is 11.1 Å². The summed E-state index contributed by atoms with van der Waals surface area (Å²) in [6.07, 6.45) is 3.93. The Kier molecular flexibility index (Phi) is 7.29. The molecule has 0 bridgehead atoms. The molecule has 1 amide bonds. The first kappa shape index (κ1) is 21.7. The van der Waals surface area contributed by atoms with Gasteiger partial charge in [-0.2, -0.15) is 0 Å². The smallest absolute Gasteiger partial charge is 0.241 e. The number of nitrogens with two attached hydrogens (primary N) is 1. The molecule has 1 saturated carbocycles. The number of hydrogen-bond donors (Lipinski definition) is 2. The Morgan fingerprint density at radius 2 is 2.04 bits per heavy atom. The number of carbonyl (C=O) groups is 1. The third-order valence-corrected chi connectivity index (χ3v) is 5.90. The molecule has 0 aromatic heterocycles. The number of carbonyl (C=O) groups excluding carboxylic acids is 1. The lowest BCUT2D eigenvalue weighted by Gasteiger charge is -2.57. The average Bonchev–Trinajstić information content (AvgIpc) is 2.63. The first-order valence-corrected chi connectivity index (χ1v) is 10.2. The van der Waals surface area contributed by atoms with Crippen molar-refractivity contribution in [3.63, 3.8) is 0 Å². The fraction of sp³-hybridized carbons (Fsp3) is 0.682. The number of amides is 1. The van der Waals surface area contributed by atoms with Crippen LogP contribution in [0.4, 0.5) is 0 Å². The molecule has 3 N–H and O–H groups in total. The molecule has 1 aliphatic carbocycles. The molecule has 0 radical (unpaired) electrons. The van der Waals surface area contributed by atoms with Crippen LogP contribution in [0.1, 0.15) is 64.5 Å². The normalized spacial score (nSPS) is 23.6. The van der Waals surface area contributed by atoms with E-state index in [1.54, 1.807) is 0 Å². The molecular formula is C22H36N2O3. The lowest BCUT2D eigenvalue weighted by Crippen LogP contribution is -2.75. The van der Waals surface area contributed by atoms with Crippen molar-refractivity contribution in [3.8, 4) is 5.75 Å². The van der Waals surface area contributed by atoms with Crippen molar-refractivity contribution in [2.75, 3.05) is 13.2 Å². The van der Waals surface area contributed by atoms with Gasteiger partial charge >= 0.3 is 0 Å². The molecule has 2 unspecified atom stereocenters. The summed E-state index contributed by atoms with van der Waals surface area (Å²) >= 11 is 0. The number of rotatable bonds is 10. The molecule has 2 atom stereocenters. The Hall–Kier alpha value is -1.59. The van der Waals surface area contributed by atoms with Gasteiger partial charge in [0.1, 0.15) is 11.3 Å². The molecule has 2 rings (SSSR count). The van der Waals surface area contributed by atoms with E-state index in [0.29, 0.717) is 26.2 Å². The molecule has 1 aliphatic rings. The van der Waals surface area contributed by atoms with Crippen molar-refractivity contribution in [3.05, 3.63) is 29.3 Å². The van der Waals surface area contributed by atoms with E-state index >= 15 is 0 Å². The summed E-state index contributed by atoms with van der Waals surface area (Å²) in [7, 11) is 0. The second kappa shape index (κ2) is 9.07. The van der Waals surface area contributed by atoms with Gasteiger partial charge in [-0.25, -0.2) is 0 Å². The Morgan fingerprint density at radius 1 is 1.30 bits per heavy atom. The number of hydrogen-bond acceptors (Lipinski definition) is 4. The maximum absolute atomic E-state index is 12.8. The largest absolute Gasteiger partial charge is 0.493 e. The van der Waals surface area contributed by atoms with Gasteiger partial charge < -0.3 is 20.5 Å². The molecule has 0 aliphatic heterocycles. The summed E-state index contributed by atoms with van der Waals surface area (Å²) in [6, 6.07) is 6.09. The molecule has 27 heavy (non-hydrogen) atoms. The van der Waals surface area contributed by atoms with Crippen LogP contribution in [0, 0.1) is 12.3 Å². The van der Waals surface area contributed by atoms with E-state index < -0.39 is 5.54 Å². The van der Waals surface area contributed by atoms with Crippen LogP contribution in [-0.2, 0) is 16.1 Å². The second-order valence-electron chi connectivity index (χ2n) is 8.19. The zero-order valence-corrected chi connectivity index (χ0v) is 17.6. The topological polar surface area (TPSA) is 73.6 Å². The lowest BCUT2D eigenvalue weighted by molar-refractivity contribution is -0.170. The van der Waals surface area contributed by atoms with Crippen LogP contribution in [-0.4, -0.2) is 30.8 Å². The van der Waals surface area contributed by atoms with E-state index in [1.165, 1.54) is 0 Å². The van der Waals surface area contributed by atoms with E-state index in [1.807, 2.05) is 45.9 Å². The third-order valence-electron chi connectivity index (χ3n) is 5.90. The summed E-state index contributed by atoms with van der Waals surface area (Å²) < 4.78 is 11.7. The van der Waals surface area contributed by atoms with Gasteiger partial charge in [-0.05, 0) is 31.9 Å². The molecule has 0 saturated heterocycles. The van der Waals surface area contributed by atoms with Crippen molar-refractivity contribution in [2.45, 2.75) is 78.5 Å². The minimum Gasteiger partial charge on any atom is -0.493 e. The summed E-state index contributed by atoms with van der Waals surface area (Å²) in [5.74, 6) is 0.721. The summed E-state index contributed by atoms with van der Waals surface area (Å²) in [5, 5.41) is 3.02. The number of ether oxygens (including phenoxy) is 2. The van der Waals surface area contributed by atoms with Crippen LogP contribution in [0.25, 0.3) is 0 Å². The fourth-order valence-electron chi connectivity index (χ4n) is 3.63. The van der Waals surface area contributed by atoms with Crippen LogP contribution >= 0.6 is 0 Å². The standard InChI is InChI=1S/C22H36N2O3/c1-6-8-9-12-27-18-13-16(3)10-11-17(18)15-24-20(25)22(23)14-19(26-7-2)21(22,4)5/h10-11,13,19H,6-9,12,14-15,23H2,1-5H3,(H,24,25). The van der Waals surface area contributed by atoms with Crippen LogP contribution in [0.2, 0.25) is 0 Å². The highest BCUT2D eigenvalue weighted by molar-refractivity contribution is 5.88. The Bertz CT molecular complexity index is 644. The molecule has 5 nitrogen and oxygen atoms in total. The first-order valence-electron chi connectivity index (χ1n) is 10.2. The van der Waals surface area contributed by atoms with Gasteiger partial charge in [0.05, 0.1) is 12.7 Å². The van der Waals surface area contributed by atoms with Crippen molar-refractivity contribution in [1.82, 2.24) is 5.32 Å². The number of unbranched alkanes of at least 4 members (excludes halogenated alkanes) is 2. The molecule has 5 heteroatoms. The Balaban J connectivity index is 1.99. The number of benzene rings is 1. The van der Waals surface area contributed by atoms with Crippen LogP contribution in [0.5, 0.6) is 5.75 Å².